The molecule has 0 aliphatic carbocycles. The summed E-state index contributed by atoms with van der Waals surface area (Å²) in [5.41, 5.74) is 2.05. The Morgan fingerprint density at radius 1 is 1.25 bits per heavy atom. The number of amides is 1. The maximum absolute atomic E-state index is 12.1. The summed E-state index contributed by atoms with van der Waals surface area (Å²) >= 11 is 7.70. The highest BCUT2D eigenvalue weighted by molar-refractivity contribution is 7.18. The lowest BCUT2D eigenvalue weighted by Crippen LogP contribution is -2.26. The van der Waals surface area contributed by atoms with E-state index in [1.54, 1.807) is 11.3 Å². The quantitative estimate of drug-likeness (QED) is 0.662. The summed E-state index contributed by atoms with van der Waals surface area (Å²) in [6.45, 7) is 1.97. The van der Waals surface area contributed by atoms with Gasteiger partial charge in [-0.05, 0) is 49.6 Å². The van der Waals surface area contributed by atoms with E-state index in [9.17, 15) is 4.79 Å². The van der Waals surface area contributed by atoms with Gasteiger partial charge in [0, 0.05) is 11.4 Å². The van der Waals surface area contributed by atoms with E-state index in [1.165, 1.54) is 4.70 Å². The Hall–Kier alpha value is -1.91. The predicted molar refractivity (Wildman–Crippen MR) is 101 cm³/mol. The molecule has 1 atom stereocenters. The Kier molecular flexibility index (Phi) is 5.48. The normalized spacial score (nSPS) is 12.2. The van der Waals surface area contributed by atoms with Gasteiger partial charge in [0.25, 0.3) is 0 Å². The molecule has 0 spiro atoms. The van der Waals surface area contributed by atoms with Crippen molar-refractivity contribution >= 4 is 39.1 Å². The molecule has 3 aromatic rings. The van der Waals surface area contributed by atoms with E-state index in [2.05, 4.69) is 16.4 Å². The van der Waals surface area contributed by atoms with E-state index >= 15 is 0 Å². The van der Waals surface area contributed by atoms with Crippen LogP contribution in [0.25, 0.3) is 10.2 Å². The van der Waals surface area contributed by atoms with Crippen LogP contribution >= 0.6 is 22.9 Å². The van der Waals surface area contributed by atoms with E-state index in [1.807, 2.05) is 49.4 Å². The topological polar surface area (TPSA) is 42.0 Å². The smallest absolute Gasteiger partial charge is 0.220 e. The minimum Gasteiger partial charge on any atom is -0.350 e. The average Bonchev–Trinajstić information content (AvgIpc) is 2.97. The minimum absolute atomic E-state index is 0.0429. The fourth-order valence-corrected chi connectivity index (χ4v) is 3.81. The van der Waals surface area contributed by atoms with Gasteiger partial charge in [-0.1, -0.05) is 35.9 Å². The Bertz CT molecular complexity index is 813. The van der Waals surface area contributed by atoms with Crippen LogP contribution in [0, 0.1) is 0 Å². The molecule has 0 saturated carbocycles. The number of benzene rings is 2. The Morgan fingerprint density at radius 3 is 2.88 bits per heavy atom. The van der Waals surface area contributed by atoms with Crippen molar-refractivity contribution in [2.24, 2.45) is 0 Å². The monoisotopic (exact) mass is 358 g/mol. The first kappa shape index (κ1) is 16.9. The third kappa shape index (κ3) is 4.34. The second-order valence-corrected chi connectivity index (χ2v) is 7.32. The average molecular weight is 359 g/mol. The SMILES string of the molecule is C[C@H](NC(=O)CCCc1nc2ccccc2s1)c1cccc(Cl)c1. The number of carbonyl (C=O) groups excluding carboxylic acids is 1. The summed E-state index contributed by atoms with van der Waals surface area (Å²) in [6.07, 6.45) is 2.13. The van der Waals surface area contributed by atoms with Crippen LogP contribution in [-0.4, -0.2) is 10.9 Å². The number of thiazole rings is 1. The molecule has 0 aliphatic heterocycles. The van der Waals surface area contributed by atoms with Crippen molar-refractivity contribution in [3.05, 3.63) is 64.1 Å². The van der Waals surface area contributed by atoms with Gasteiger partial charge in [-0.25, -0.2) is 4.98 Å². The van der Waals surface area contributed by atoms with Crippen LogP contribution in [0.1, 0.15) is 36.4 Å². The van der Waals surface area contributed by atoms with Crippen LogP contribution in [0.15, 0.2) is 48.5 Å². The summed E-state index contributed by atoms with van der Waals surface area (Å²) in [5, 5.41) is 4.80. The molecule has 0 bridgehead atoms. The Morgan fingerprint density at radius 2 is 2.08 bits per heavy atom. The lowest BCUT2D eigenvalue weighted by Gasteiger charge is -2.14. The third-order valence-electron chi connectivity index (χ3n) is 3.86. The number of rotatable bonds is 6. The van der Waals surface area contributed by atoms with Gasteiger partial charge >= 0.3 is 0 Å². The van der Waals surface area contributed by atoms with Crippen molar-refractivity contribution in [3.63, 3.8) is 0 Å². The number of hydrogen-bond acceptors (Lipinski definition) is 3. The van der Waals surface area contributed by atoms with E-state index < -0.39 is 0 Å². The molecule has 24 heavy (non-hydrogen) atoms. The standard InChI is InChI=1S/C19H19ClN2OS/c1-13(14-6-4-7-15(20)12-14)21-18(23)10-5-11-19-22-16-8-2-3-9-17(16)24-19/h2-4,6-9,12-13H,5,10-11H2,1H3,(H,21,23)/t13-/m0/s1. The number of hydrogen-bond donors (Lipinski definition) is 1. The third-order valence-corrected chi connectivity index (χ3v) is 5.19. The summed E-state index contributed by atoms with van der Waals surface area (Å²) < 4.78 is 1.20. The highest BCUT2D eigenvalue weighted by atomic mass is 35.5. The number of carbonyl (C=O) groups is 1. The van der Waals surface area contributed by atoms with Gasteiger partial charge in [0.15, 0.2) is 0 Å². The number of aryl methyl sites for hydroxylation is 1. The largest absolute Gasteiger partial charge is 0.350 e. The van der Waals surface area contributed by atoms with Crippen molar-refractivity contribution in [2.45, 2.75) is 32.2 Å². The molecule has 1 heterocycles. The molecule has 0 radical (unpaired) electrons. The van der Waals surface area contributed by atoms with E-state index in [4.69, 9.17) is 11.6 Å². The molecule has 2 aromatic carbocycles. The minimum atomic E-state index is -0.0429. The second kappa shape index (κ2) is 7.77. The molecular weight excluding hydrogens is 340 g/mol. The van der Waals surface area contributed by atoms with Gasteiger partial charge in [-0.15, -0.1) is 11.3 Å². The fourth-order valence-electron chi connectivity index (χ4n) is 2.60. The lowest BCUT2D eigenvalue weighted by molar-refractivity contribution is -0.121. The molecule has 1 aromatic heterocycles. The zero-order valence-corrected chi connectivity index (χ0v) is 15.0. The van der Waals surface area contributed by atoms with Gasteiger partial charge in [-0.3, -0.25) is 4.79 Å². The van der Waals surface area contributed by atoms with Crippen molar-refractivity contribution in [2.75, 3.05) is 0 Å². The van der Waals surface area contributed by atoms with Gasteiger partial charge in [0.2, 0.25) is 5.91 Å². The highest BCUT2D eigenvalue weighted by Gasteiger charge is 2.10. The van der Waals surface area contributed by atoms with Gasteiger partial charge < -0.3 is 5.32 Å². The summed E-state index contributed by atoms with van der Waals surface area (Å²) in [5.74, 6) is 0.0589. The Labute approximate surface area is 150 Å². The number of nitrogens with zero attached hydrogens (tertiary/aromatic N) is 1. The molecule has 1 N–H and O–H groups in total. The van der Waals surface area contributed by atoms with Crippen LogP contribution in [0.2, 0.25) is 5.02 Å². The first-order valence-electron chi connectivity index (χ1n) is 8.01. The number of halogens is 1. The molecule has 124 valence electrons. The molecule has 0 unspecified atom stereocenters. The molecule has 3 nitrogen and oxygen atoms in total. The van der Waals surface area contributed by atoms with Crippen LogP contribution in [0.5, 0.6) is 0 Å². The van der Waals surface area contributed by atoms with Crippen LogP contribution in [-0.2, 0) is 11.2 Å². The second-order valence-electron chi connectivity index (χ2n) is 5.77. The molecule has 1 amide bonds. The molecule has 0 aliphatic rings. The van der Waals surface area contributed by atoms with Crippen LogP contribution in [0.3, 0.4) is 0 Å². The van der Waals surface area contributed by atoms with E-state index in [0.29, 0.717) is 11.4 Å². The number of aromatic nitrogens is 1. The zero-order valence-electron chi connectivity index (χ0n) is 13.5. The summed E-state index contributed by atoms with van der Waals surface area (Å²) in [6, 6.07) is 15.7. The lowest BCUT2D eigenvalue weighted by atomic mass is 10.1. The van der Waals surface area contributed by atoms with Crippen molar-refractivity contribution in [1.29, 1.82) is 0 Å². The number of nitrogens with one attached hydrogen (secondary N) is 1. The van der Waals surface area contributed by atoms with Crippen molar-refractivity contribution in [3.8, 4) is 0 Å². The molecule has 0 saturated heterocycles. The zero-order chi connectivity index (χ0) is 16.9. The maximum Gasteiger partial charge on any atom is 0.220 e. The predicted octanol–water partition coefficient (Wildman–Crippen LogP) is 5.15. The number of fused-ring (bicyclic) bond motifs is 1. The molecule has 0 fully saturated rings. The Balaban J connectivity index is 1.48. The van der Waals surface area contributed by atoms with Crippen LogP contribution in [0.4, 0.5) is 0 Å². The molecular formula is C19H19ClN2OS. The van der Waals surface area contributed by atoms with Gasteiger partial charge in [-0.2, -0.15) is 0 Å². The van der Waals surface area contributed by atoms with Gasteiger partial charge in [0.05, 0.1) is 21.3 Å². The first-order valence-corrected chi connectivity index (χ1v) is 9.20. The maximum atomic E-state index is 12.1. The molecule has 5 heteroatoms. The van der Waals surface area contributed by atoms with Crippen molar-refractivity contribution < 1.29 is 4.79 Å². The van der Waals surface area contributed by atoms with Crippen molar-refractivity contribution in [1.82, 2.24) is 10.3 Å². The fraction of sp³-hybridized carbons (Fsp3) is 0.263. The van der Waals surface area contributed by atoms with E-state index in [0.717, 1.165) is 28.9 Å². The molecule has 3 rings (SSSR count). The van der Waals surface area contributed by atoms with Crippen LogP contribution < -0.4 is 5.32 Å². The highest BCUT2D eigenvalue weighted by Crippen LogP contribution is 2.23. The first-order chi connectivity index (χ1) is 11.6. The van der Waals surface area contributed by atoms with E-state index in [-0.39, 0.29) is 11.9 Å². The summed E-state index contributed by atoms with van der Waals surface area (Å²) in [4.78, 5) is 16.7. The number of para-hydroxylation sites is 1. The van der Waals surface area contributed by atoms with Gasteiger partial charge in [0.1, 0.15) is 0 Å². The summed E-state index contributed by atoms with van der Waals surface area (Å²) in [7, 11) is 0.